The van der Waals surface area contributed by atoms with Gasteiger partial charge in [-0.25, -0.2) is 8.78 Å². The van der Waals surface area contributed by atoms with Gasteiger partial charge in [-0.3, -0.25) is 0 Å². The van der Waals surface area contributed by atoms with Crippen LogP contribution in [0.2, 0.25) is 0 Å². The van der Waals surface area contributed by atoms with E-state index >= 15 is 0 Å². The molecule has 14 heavy (non-hydrogen) atoms. The molecule has 0 saturated carbocycles. The number of methoxy groups -OCH3 is 1. The molecule has 1 heterocycles. The molecule has 1 fully saturated rings. The Morgan fingerprint density at radius 2 is 2.14 bits per heavy atom. The lowest BCUT2D eigenvalue weighted by atomic mass is 9.93. The quantitative estimate of drug-likeness (QED) is 0.701. The predicted octanol–water partition coefficient (Wildman–Crippen LogP) is 2.00. The number of halogens is 2. The van der Waals surface area contributed by atoms with E-state index in [9.17, 15) is 8.78 Å². The van der Waals surface area contributed by atoms with Crippen LogP contribution in [0.5, 0.6) is 0 Å². The van der Waals surface area contributed by atoms with Gasteiger partial charge in [0.2, 0.25) is 0 Å². The van der Waals surface area contributed by atoms with E-state index < -0.39 is 11.8 Å². The summed E-state index contributed by atoms with van der Waals surface area (Å²) in [5, 5.41) is 0. The van der Waals surface area contributed by atoms with Crippen LogP contribution in [0, 0.1) is 5.92 Å². The lowest BCUT2D eigenvalue weighted by molar-refractivity contribution is -0.128. The van der Waals surface area contributed by atoms with Crippen LogP contribution in [0.4, 0.5) is 8.78 Å². The second-order valence-electron chi connectivity index (χ2n) is 4.25. The molecule has 0 amide bonds. The Balaban J connectivity index is 2.58. The summed E-state index contributed by atoms with van der Waals surface area (Å²) in [6, 6.07) is 0.338. The number of hydrogen-bond donors (Lipinski definition) is 0. The molecule has 1 saturated heterocycles. The minimum atomic E-state index is -2.55. The van der Waals surface area contributed by atoms with Gasteiger partial charge in [-0.2, -0.15) is 0 Å². The van der Waals surface area contributed by atoms with Gasteiger partial charge in [-0.15, -0.1) is 0 Å². The van der Waals surface area contributed by atoms with Gasteiger partial charge in [0, 0.05) is 32.7 Å². The van der Waals surface area contributed by atoms with Gasteiger partial charge in [0.25, 0.3) is 5.92 Å². The summed E-state index contributed by atoms with van der Waals surface area (Å²) >= 11 is 0. The first-order valence-corrected chi connectivity index (χ1v) is 5.08. The third-order valence-electron chi connectivity index (χ3n) is 2.88. The lowest BCUT2D eigenvalue weighted by Gasteiger charge is -2.39. The number of hydrogen-bond acceptors (Lipinski definition) is 2. The number of ether oxygens (including phenoxy) is 1. The molecule has 1 aliphatic heterocycles. The number of alkyl halides is 2. The fourth-order valence-corrected chi connectivity index (χ4v) is 1.85. The van der Waals surface area contributed by atoms with E-state index in [1.165, 1.54) is 7.11 Å². The number of nitrogens with zero attached hydrogens (tertiary/aromatic N) is 1. The molecule has 84 valence electrons. The van der Waals surface area contributed by atoms with Gasteiger partial charge in [-0.1, -0.05) is 0 Å². The Kier molecular flexibility index (Phi) is 3.84. The van der Waals surface area contributed by atoms with Crippen molar-refractivity contribution in [2.24, 2.45) is 5.92 Å². The molecular formula is C10H19F2NO. The number of rotatable bonds is 3. The van der Waals surface area contributed by atoms with Crippen LogP contribution < -0.4 is 0 Å². The molecule has 0 aromatic rings. The zero-order chi connectivity index (χ0) is 10.8. The van der Waals surface area contributed by atoms with E-state index in [1.807, 2.05) is 13.8 Å². The highest BCUT2D eigenvalue weighted by molar-refractivity contribution is 4.87. The fourth-order valence-electron chi connectivity index (χ4n) is 1.85. The number of likely N-dealkylation sites (tertiary alicyclic amines) is 1. The van der Waals surface area contributed by atoms with Gasteiger partial charge < -0.3 is 9.64 Å². The Bertz CT molecular complexity index is 185. The van der Waals surface area contributed by atoms with Crippen molar-refractivity contribution in [1.29, 1.82) is 0 Å². The molecule has 0 aliphatic carbocycles. The maximum Gasteiger partial charge on any atom is 0.255 e. The van der Waals surface area contributed by atoms with E-state index in [0.717, 1.165) is 0 Å². The van der Waals surface area contributed by atoms with Gasteiger partial charge >= 0.3 is 0 Å². The first-order chi connectivity index (χ1) is 6.47. The summed E-state index contributed by atoms with van der Waals surface area (Å²) in [7, 11) is 1.48. The lowest BCUT2D eigenvalue weighted by Crippen LogP contribution is -2.50. The molecular weight excluding hydrogens is 188 g/mol. The van der Waals surface area contributed by atoms with Crippen molar-refractivity contribution in [1.82, 2.24) is 4.90 Å². The normalized spacial score (nSPS) is 28.3. The van der Waals surface area contributed by atoms with Crippen LogP contribution in [0.1, 0.15) is 20.3 Å². The Labute approximate surface area is 84.2 Å². The molecule has 1 aliphatic rings. The zero-order valence-electron chi connectivity index (χ0n) is 9.09. The smallest absolute Gasteiger partial charge is 0.255 e. The molecule has 1 rings (SSSR count). The van der Waals surface area contributed by atoms with Crippen molar-refractivity contribution in [2.75, 3.05) is 26.8 Å². The SMILES string of the molecule is COCC1CN(C(C)C)CCC1(F)F. The standard InChI is InChI=1S/C10H19F2NO/c1-8(2)13-5-4-10(11,12)9(6-13)7-14-3/h8-9H,4-7H2,1-3H3. The first kappa shape index (κ1) is 11.9. The number of piperidine rings is 1. The molecule has 1 atom stereocenters. The molecule has 0 bridgehead atoms. The van der Waals surface area contributed by atoms with Crippen molar-refractivity contribution in [3.8, 4) is 0 Å². The topological polar surface area (TPSA) is 12.5 Å². The van der Waals surface area contributed by atoms with E-state index in [2.05, 4.69) is 4.90 Å². The Hall–Kier alpha value is -0.220. The van der Waals surface area contributed by atoms with Gasteiger partial charge in [0.1, 0.15) is 0 Å². The summed E-state index contributed by atoms with van der Waals surface area (Å²) in [6.45, 7) is 5.15. The second-order valence-corrected chi connectivity index (χ2v) is 4.25. The summed E-state index contributed by atoms with van der Waals surface area (Å²) in [5.74, 6) is -3.20. The minimum Gasteiger partial charge on any atom is -0.384 e. The molecule has 2 nitrogen and oxygen atoms in total. The van der Waals surface area contributed by atoms with E-state index in [0.29, 0.717) is 19.1 Å². The average Bonchev–Trinajstić information content (AvgIpc) is 2.08. The van der Waals surface area contributed by atoms with Crippen molar-refractivity contribution in [3.63, 3.8) is 0 Å². The van der Waals surface area contributed by atoms with Crippen LogP contribution in [-0.4, -0.2) is 43.7 Å². The highest BCUT2D eigenvalue weighted by atomic mass is 19.3. The van der Waals surface area contributed by atoms with Gasteiger partial charge in [0.05, 0.1) is 12.5 Å². The summed E-state index contributed by atoms with van der Waals surface area (Å²) in [4.78, 5) is 2.08. The molecule has 0 N–H and O–H groups in total. The highest BCUT2D eigenvalue weighted by Gasteiger charge is 2.44. The van der Waals surface area contributed by atoms with E-state index in [4.69, 9.17) is 4.74 Å². The van der Waals surface area contributed by atoms with Crippen molar-refractivity contribution >= 4 is 0 Å². The average molecular weight is 207 g/mol. The van der Waals surface area contributed by atoms with E-state index in [1.54, 1.807) is 0 Å². The summed E-state index contributed by atoms with van der Waals surface area (Å²) < 4.78 is 31.6. The summed E-state index contributed by atoms with van der Waals surface area (Å²) in [5.41, 5.74) is 0. The maximum atomic E-state index is 13.4. The third-order valence-corrected chi connectivity index (χ3v) is 2.88. The molecule has 0 aromatic heterocycles. The largest absolute Gasteiger partial charge is 0.384 e. The molecule has 4 heteroatoms. The fraction of sp³-hybridized carbons (Fsp3) is 1.00. The van der Waals surface area contributed by atoms with Crippen LogP contribution in [-0.2, 0) is 4.74 Å². The highest BCUT2D eigenvalue weighted by Crippen LogP contribution is 2.34. The van der Waals surface area contributed by atoms with Crippen LogP contribution in [0.3, 0.4) is 0 Å². The monoisotopic (exact) mass is 207 g/mol. The predicted molar refractivity (Wildman–Crippen MR) is 51.6 cm³/mol. The van der Waals surface area contributed by atoms with Crippen molar-refractivity contribution in [2.45, 2.75) is 32.2 Å². The van der Waals surface area contributed by atoms with Crippen LogP contribution in [0.15, 0.2) is 0 Å². The minimum absolute atomic E-state index is 0.0425. The van der Waals surface area contributed by atoms with E-state index in [-0.39, 0.29) is 13.0 Å². The molecule has 0 spiro atoms. The maximum absolute atomic E-state index is 13.4. The van der Waals surface area contributed by atoms with Gasteiger partial charge in [0.15, 0.2) is 0 Å². The van der Waals surface area contributed by atoms with Crippen LogP contribution in [0.25, 0.3) is 0 Å². The molecule has 1 unspecified atom stereocenters. The molecule has 0 aromatic carbocycles. The van der Waals surface area contributed by atoms with Crippen molar-refractivity contribution < 1.29 is 13.5 Å². The van der Waals surface area contributed by atoms with Crippen molar-refractivity contribution in [3.05, 3.63) is 0 Å². The summed E-state index contributed by atoms with van der Waals surface area (Å²) in [6.07, 6.45) is -0.0425. The Morgan fingerprint density at radius 1 is 1.50 bits per heavy atom. The molecule has 0 radical (unpaired) electrons. The third kappa shape index (κ3) is 2.64. The Morgan fingerprint density at radius 3 is 2.64 bits per heavy atom. The zero-order valence-corrected chi connectivity index (χ0v) is 9.09. The van der Waals surface area contributed by atoms with Crippen LogP contribution >= 0.6 is 0 Å². The van der Waals surface area contributed by atoms with Gasteiger partial charge in [-0.05, 0) is 13.8 Å². The first-order valence-electron chi connectivity index (χ1n) is 5.08. The second kappa shape index (κ2) is 4.53.